The molecule has 1 atom stereocenters. The van der Waals surface area contributed by atoms with Gasteiger partial charge in [0.15, 0.2) is 0 Å². The van der Waals surface area contributed by atoms with Crippen molar-refractivity contribution in [1.82, 2.24) is 4.31 Å². The minimum absolute atomic E-state index is 0.254. The number of sulfonamides is 1. The second-order valence-corrected chi connectivity index (χ2v) is 10.3. The van der Waals surface area contributed by atoms with Crippen LogP contribution in [0.2, 0.25) is 0 Å². The lowest BCUT2D eigenvalue weighted by molar-refractivity contribution is -0.0591. The molecule has 7 heteroatoms. The number of hydrogen-bond acceptors (Lipinski definition) is 5. The van der Waals surface area contributed by atoms with Crippen LogP contribution >= 0.6 is 0 Å². The zero-order valence-electron chi connectivity index (χ0n) is 18.2. The highest BCUT2D eigenvalue weighted by molar-refractivity contribution is 7.89. The van der Waals surface area contributed by atoms with E-state index >= 15 is 0 Å². The van der Waals surface area contributed by atoms with Gasteiger partial charge < -0.3 is 9.74 Å². The number of rotatable bonds is 5. The molecular formula is C23H29N3O3S. The molecule has 0 saturated heterocycles. The monoisotopic (exact) mass is 427 g/mol. The molecule has 30 heavy (non-hydrogen) atoms. The lowest BCUT2D eigenvalue weighted by Crippen LogP contribution is -2.54. The van der Waals surface area contributed by atoms with Crippen LogP contribution in [0.1, 0.15) is 45.2 Å². The Morgan fingerprint density at radius 3 is 2.30 bits per heavy atom. The van der Waals surface area contributed by atoms with Crippen molar-refractivity contribution in [2.45, 2.75) is 50.2 Å². The Bertz CT molecular complexity index is 1090. The van der Waals surface area contributed by atoms with Crippen molar-refractivity contribution in [2.75, 3.05) is 25.0 Å². The van der Waals surface area contributed by atoms with E-state index < -0.39 is 15.7 Å². The summed E-state index contributed by atoms with van der Waals surface area (Å²) in [6.07, 6.45) is 0.618. The summed E-state index contributed by atoms with van der Waals surface area (Å²) >= 11 is 0. The molecule has 1 spiro atoms. The van der Waals surface area contributed by atoms with Crippen LogP contribution in [-0.2, 0) is 20.3 Å². The van der Waals surface area contributed by atoms with Gasteiger partial charge in [0.1, 0.15) is 0 Å². The van der Waals surface area contributed by atoms with Crippen molar-refractivity contribution in [1.29, 1.82) is 0 Å². The Labute approximate surface area is 179 Å². The molecular weight excluding hydrogens is 398 g/mol. The topological polar surface area (TPSA) is 62.2 Å². The molecule has 0 aliphatic carbocycles. The maximum Gasteiger partial charge on any atom is 0.243 e. The highest BCUT2D eigenvalue weighted by Gasteiger charge is 2.61. The Morgan fingerprint density at radius 2 is 1.70 bits per heavy atom. The van der Waals surface area contributed by atoms with Gasteiger partial charge in [-0.15, -0.1) is 0 Å². The van der Waals surface area contributed by atoms with Crippen LogP contribution in [0, 0.1) is 0 Å². The number of anilines is 1. The van der Waals surface area contributed by atoms with Gasteiger partial charge >= 0.3 is 0 Å². The highest BCUT2D eigenvalue weighted by atomic mass is 32.2. The molecule has 6 nitrogen and oxygen atoms in total. The summed E-state index contributed by atoms with van der Waals surface area (Å²) in [5.74, 6) is 0. The zero-order valence-corrected chi connectivity index (χ0v) is 19.0. The van der Waals surface area contributed by atoms with Crippen LogP contribution in [0.4, 0.5) is 5.69 Å². The first-order chi connectivity index (χ1) is 14.2. The van der Waals surface area contributed by atoms with E-state index in [2.05, 4.69) is 42.1 Å². The number of nitrogens with zero attached hydrogens (tertiary/aromatic N) is 3. The first-order valence-electron chi connectivity index (χ1n) is 10.4. The molecule has 160 valence electrons. The van der Waals surface area contributed by atoms with Gasteiger partial charge in [0.2, 0.25) is 15.7 Å². The van der Waals surface area contributed by atoms with E-state index in [4.69, 9.17) is 4.84 Å². The molecule has 0 amide bonds. The molecule has 2 aliphatic heterocycles. The minimum atomic E-state index is -3.47. The van der Waals surface area contributed by atoms with Crippen LogP contribution in [-0.4, -0.2) is 44.3 Å². The average molecular weight is 428 g/mol. The molecule has 4 rings (SSSR count). The van der Waals surface area contributed by atoms with E-state index in [-0.39, 0.29) is 5.41 Å². The second kappa shape index (κ2) is 7.10. The lowest BCUT2D eigenvalue weighted by Gasteiger charge is -2.40. The average Bonchev–Trinajstić information content (AvgIpc) is 3.26. The summed E-state index contributed by atoms with van der Waals surface area (Å²) in [6, 6.07) is 15.3. The summed E-state index contributed by atoms with van der Waals surface area (Å²) < 4.78 is 27.0. The van der Waals surface area contributed by atoms with Gasteiger partial charge in [-0.2, -0.15) is 4.31 Å². The van der Waals surface area contributed by atoms with E-state index in [0.29, 0.717) is 24.4 Å². The van der Waals surface area contributed by atoms with E-state index in [1.807, 2.05) is 39.1 Å². The number of para-hydroxylation sites is 1. The van der Waals surface area contributed by atoms with Gasteiger partial charge in [0.05, 0.1) is 22.4 Å². The normalized spacial score (nSPS) is 22.3. The summed E-state index contributed by atoms with van der Waals surface area (Å²) in [5.41, 5.74) is 3.25. The number of hydrogen-bond donors (Lipinski definition) is 0. The fourth-order valence-corrected chi connectivity index (χ4v) is 6.20. The van der Waals surface area contributed by atoms with E-state index in [1.54, 1.807) is 12.1 Å². The summed E-state index contributed by atoms with van der Waals surface area (Å²) in [7, 11) is -1.43. The Hall–Kier alpha value is -2.38. The van der Waals surface area contributed by atoms with Gasteiger partial charge in [-0.1, -0.05) is 49.3 Å². The molecule has 2 aromatic carbocycles. The molecule has 0 aromatic heterocycles. The SMILES string of the molecule is CCN(CC)S(=O)(=O)c1ccc(C2=NO[C@@]3(C2)N(C)c2ccccc2C3(C)C)cc1. The summed E-state index contributed by atoms with van der Waals surface area (Å²) in [5, 5.41) is 4.44. The van der Waals surface area contributed by atoms with Crippen LogP contribution in [0.15, 0.2) is 58.6 Å². The predicted octanol–water partition coefficient (Wildman–Crippen LogP) is 3.97. The second-order valence-electron chi connectivity index (χ2n) is 8.41. The Morgan fingerprint density at radius 1 is 1.07 bits per heavy atom. The van der Waals surface area contributed by atoms with Crippen LogP contribution in [0.25, 0.3) is 0 Å². The molecule has 2 heterocycles. The van der Waals surface area contributed by atoms with E-state index in [0.717, 1.165) is 17.0 Å². The fraction of sp³-hybridized carbons (Fsp3) is 0.435. The molecule has 0 bridgehead atoms. The van der Waals surface area contributed by atoms with Crippen molar-refractivity contribution >= 4 is 21.4 Å². The largest absolute Gasteiger partial charge is 0.366 e. The molecule has 0 radical (unpaired) electrons. The predicted molar refractivity (Wildman–Crippen MR) is 119 cm³/mol. The van der Waals surface area contributed by atoms with Crippen LogP contribution in [0.3, 0.4) is 0 Å². The standard InChI is InChI=1S/C23H29N3O3S/c1-6-26(7-2)30(27,28)18-14-12-17(13-15-18)20-16-23(29-24-20)22(3,4)19-10-8-9-11-21(19)25(23)5/h8-15H,6-7,16H2,1-5H3/t23-/m1/s1. The number of likely N-dealkylation sites (N-methyl/N-ethyl adjacent to an activating group) is 1. The molecule has 0 N–H and O–H groups in total. The van der Waals surface area contributed by atoms with Crippen molar-refractivity contribution in [3.8, 4) is 0 Å². The van der Waals surface area contributed by atoms with Crippen LogP contribution in [0.5, 0.6) is 0 Å². The van der Waals surface area contributed by atoms with Gasteiger partial charge in [-0.05, 0) is 43.2 Å². The third kappa shape index (κ3) is 2.79. The number of benzene rings is 2. The first kappa shape index (κ1) is 20.9. The van der Waals surface area contributed by atoms with Gasteiger partial charge in [0.25, 0.3) is 0 Å². The molecule has 2 aliphatic rings. The maximum atomic E-state index is 12.7. The third-order valence-corrected chi connectivity index (χ3v) is 8.77. The highest BCUT2D eigenvalue weighted by Crippen LogP contribution is 2.55. The van der Waals surface area contributed by atoms with Gasteiger partial charge in [-0.3, -0.25) is 0 Å². The van der Waals surface area contributed by atoms with Gasteiger partial charge in [-0.25, -0.2) is 8.42 Å². The molecule has 0 fully saturated rings. The molecule has 0 unspecified atom stereocenters. The first-order valence-corrected chi connectivity index (χ1v) is 11.8. The molecule has 0 saturated carbocycles. The lowest BCUT2D eigenvalue weighted by atomic mass is 9.75. The smallest absolute Gasteiger partial charge is 0.243 e. The van der Waals surface area contributed by atoms with Crippen molar-refractivity contribution in [3.63, 3.8) is 0 Å². The van der Waals surface area contributed by atoms with E-state index in [9.17, 15) is 8.42 Å². The Kier molecular flexibility index (Phi) is 4.94. The third-order valence-electron chi connectivity index (χ3n) is 6.70. The Balaban J connectivity index is 1.62. The van der Waals surface area contributed by atoms with Crippen molar-refractivity contribution in [2.24, 2.45) is 5.16 Å². The summed E-state index contributed by atoms with van der Waals surface area (Å²) in [4.78, 5) is 8.62. The van der Waals surface area contributed by atoms with Crippen LogP contribution < -0.4 is 4.90 Å². The van der Waals surface area contributed by atoms with E-state index in [1.165, 1.54) is 9.87 Å². The van der Waals surface area contributed by atoms with Gasteiger partial charge in [0, 0.05) is 25.8 Å². The minimum Gasteiger partial charge on any atom is -0.366 e. The maximum absolute atomic E-state index is 12.7. The summed E-state index contributed by atoms with van der Waals surface area (Å²) in [6.45, 7) is 8.97. The number of fused-ring (bicyclic) bond motifs is 1. The zero-order chi connectivity index (χ0) is 21.7. The fourth-order valence-electron chi connectivity index (χ4n) is 4.74. The molecule has 2 aromatic rings. The van der Waals surface area contributed by atoms with Crippen molar-refractivity contribution < 1.29 is 13.3 Å². The quantitative estimate of drug-likeness (QED) is 0.725. The number of oxime groups is 1. The van der Waals surface area contributed by atoms with Crippen molar-refractivity contribution in [3.05, 3.63) is 59.7 Å².